The first-order valence-electron chi connectivity index (χ1n) is 9.55. The highest BCUT2D eigenvalue weighted by molar-refractivity contribution is 7.11. The summed E-state index contributed by atoms with van der Waals surface area (Å²) in [7, 11) is 0. The SMILES string of the molecule is O=C(Nc1cc(NC(=O)[C@H]2[C@H](c3cc(Cl)cc(Cl)c3)C2(Cl)Cl)ccc1Cl)c1nc(C(F)(F)F)cs1. The number of benzene rings is 2. The quantitative estimate of drug-likeness (QED) is 0.291. The predicted molar refractivity (Wildman–Crippen MR) is 132 cm³/mol. The van der Waals surface area contributed by atoms with Gasteiger partial charge in [-0.3, -0.25) is 9.59 Å². The summed E-state index contributed by atoms with van der Waals surface area (Å²) in [5.41, 5.74) is -0.289. The van der Waals surface area contributed by atoms with Crippen LogP contribution >= 0.6 is 69.3 Å². The van der Waals surface area contributed by atoms with Gasteiger partial charge in [-0.05, 0) is 42.0 Å². The normalized spacial score (nSPS) is 18.7. The lowest BCUT2D eigenvalue weighted by Crippen LogP contribution is -2.18. The van der Waals surface area contributed by atoms with Gasteiger partial charge in [0.05, 0.1) is 16.6 Å². The van der Waals surface area contributed by atoms with E-state index in [-0.39, 0.29) is 16.4 Å². The molecule has 184 valence electrons. The van der Waals surface area contributed by atoms with E-state index in [1.54, 1.807) is 12.1 Å². The molecule has 0 aliphatic heterocycles. The molecule has 0 bridgehead atoms. The lowest BCUT2D eigenvalue weighted by atomic mass is 10.1. The van der Waals surface area contributed by atoms with Crippen LogP contribution in [0.15, 0.2) is 41.8 Å². The van der Waals surface area contributed by atoms with Crippen LogP contribution < -0.4 is 10.6 Å². The van der Waals surface area contributed by atoms with E-state index < -0.39 is 44.9 Å². The number of anilines is 2. The number of hydrogen-bond donors (Lipinski definition) is 2. The van der Waals surface area contributed by atoms with Gasteiger partial charge in [-0.1, -0.05) is 34.8 Å². The van der Waals surface area contributed by atoms with Gasteiger partial charge in [0.15, 0.2) is 10.7 Å². The third-order valence-electron chi connectivity index (χ3n) is 5.05. The fourth-order valence-electron chi connectivity index (χ4n) is 3.43. The van der Waals surface area contributed by atoms with Gasteiger partial charge in [0, 0.05) is 27.0 Å². The fourth-order valence-corrected chi connectivity index (χ4v) is 5.68. The van der Waals surface area contributed by atoms with Crippen LogP contribution in [0.5, 0.6) is 0 Å². The van der Waals surface area contributed by atoms with Gasteiger partial charge < -0.3 is 10.6 Å². The molecule has 2 aromatic carbocycles. The third kappa shape index (κ3) is 5.65. The second kappa shape index (κ2) is 9.61. The molecule has 1 heterocycles. The number of carbonyl (C=O) groups excluding carboxylic acids is 2. The number of amides is 2. The molecule has 3 aromatic rings. The zero-order chi connectivity index (χ0) is 25.7. The maximum Gasteiger partial charge on any atom is 0.434 e. The van der Waals surface area contributed by atoms with Crippen LogP contribution in [0.4, 0.5) is 24.5 Å². The molecule has 2 atom stereocenters. The molecule has 35 heavy (non-hydrogen) atoms. The van der Waals surface area contributed by atoms with Crippen molar-refractivity contribution in [3.63, 3.8) is 0 Å². The molecule has 14 heteroatoms. The van der Waals surface area contributed by atoms with Gasteiger partial charge in [-0.15, -0.1) is 34.5 Å². The first kappa shape index (κ1) is 26.3. The molecule has 2 N–H and O–H groups in total. The maximum absolute atomic E-state index is 12.9. The monoisotopic (exact) mass is 601 g/mol. The molecular weight excluding hydrogens is 593 g/mol. The van der Waals surface area contributed by atoms with E-state index in [0.717, 1.165) is 5.38 Å². The Labute approximate surface area is 225 Å². The Kier molecular flexibility index (Phi) is 7.23. The van der Waals surface area contributed by atoms with Gasteiger partial charge in [-0.2, -0.15) is 13.2 Å². The van der Waals surface area contributed by atoms with Crippen molar-refractivity contribution in [2.45, 2.75) is 16.4 Å². The summed E-state index contributed by atoms with van der Waals surface area (Å²) < 4.78 is 36.8. The predicted octanol–water partition coefficient (Wildman–Crippen LogP) is 7.90. The van der Waals surface area contributed by atoms with Gasteiger partial charge in [0.1, 0.15) is 4.33 Å². The van der Waals surface area contributed by atoms with E-state index in [0.29, 0.717) is 26.9 Å². The molecule has 1 aliphatic rings. The minimum Gasteiger partial charge on any atom is -0.326 e. The summed E-state index contributed by atoms with van der Waals surface area (Å²) in [4.78, 5) is 28.6. The number of nitrogens with one attached hydrogen (secondary N) is 2. The first-order valence-corrected chi connectivity index (χ1v) is 12.3. The van der Waals surface area contributed by atoms with Crippen molar-refractivity contribution < 1.29 is 22.8 Å². The topological polar surface area (TPSA) is 71.1 Å². The molecule has 1 saturated carbocycles. The Morgan fingerprint density at radius 3 is 2.26 bits per heavy atom. The Hall–Kier alpha value is -1.75. The Balaban J connectivity index is 1.48. The van der Waals surface area contributed by atoms with Gasteiger partial charge >= 0.3 is 6.18 Å². The minimum absolute atomic E-state index is 0.0511. The smallest absolute Gasteiger partial charge is 0.326 e. The van der Waals surface area contributed by atoms with Crippen molar-refractivity contribution in [3.05, 3.63) is 73.1 Å². The largest absolute Gasteiger partial charge is 0.434 e. The number of alkyl halides is 5. The van der Waals surface area contributed by atoms with E-state index >= 15 is 0 Å². The molecule has 4 rings (SSSR count). The Bertz CT molecular complexity index is 1310. The highest BCUT2D eigenvalue weighted by atomic mass is 35.5. The number of halogens is 8. The van der Waals surface area contributed by atoms with E-state index in [4.69, 9.17) is 58.0 Å². The standard InChI is InChI=1S/C21H11Cl5F3N3O2S/c22-9-3-8(4-10(23)5-9)15-16(20(15,25)26)17(33)30-11-1-2-12(24)13(6-11)31-18(34)19-32-14(7-35-19)21(27,28)29/h1-7,15-16H,(H,30,33)(H,31,34)/t15-,16+/m0/s1. The first-order chi connectivity index (χ1) is 16.3. The third-order valence-corrected chi connectivity index (χ3v) is 7.60. The van der Waals surface area contributed by atoms with Gasteiger partial charge in [0.25, 0.3) is 5.91 Å². The lowest BCUT2D eigenvalue weighted by Gasteiger charge is -2.10. The Morgan fingerprint density at radius 2 is 1.66 bits per heavy atom. The summed E-state index contributed by atoms with van der Waals surface area (Å²) in [5.74, 6) is -2.80. The molecule has 1 aromatic heterocycles. The molecule has 5 nitrogen and oxygen atoms in total. The number of nitrogens with zero attached hydrogens (tertiary/aromatic N) is 1. The van der Waals surface area contributed by atoms with Crippen LogP contribution in [0.25, 0.3) is 0 Å². The number of thiazole rings is 1. The van der Waals surface area contributed by atoms with Crippen molar-refractivity contribution in [2.75, 3.05) is 10.6 Å². The van der Waals surface area contributed by atoms with E-state index in [2.05, 4.69) is 15.6 Å². The van der Waals surface area contributed by atoms with Crippen LogP contribution in [-0.2, 0) is 11.0 Å². The zero-order valence-electron chi connectivity index (χ0n) is 16.9. The number of hydrogen-bond acceptors (Lipinski definition) is 4. The average Bonchev–Trinajstić information content (AvgIpc) is 3.08. The summed E-state index contributed by atoms with van der Waals surface area (Å²) >= 11 is 31.4. The molecule has 1 fully saturated rings. The van der Waals surface area contributed by atoms with Gasteiger partial charge in [0.2, 0.25) is 5.91 Å². The van der Waals surface area contributed by atoms with Crippen LogP contribution in [0.1, 0.15) is 27.0 Å². The molecule has 1 aliphatic carbocycles. The molecule has 0 unspecified atom stereocenters. The van der Waals surface area contributed by atoms with Crippen molar-refractivity contribution in [3.8, 4) is 0 Å². The second-order valence-corrected chi connectivity index (χ2v) is 11.1. The summed E-state index contributed by atoms with van der Waals surface area (Å²) in [5, 5.41) is 6.18. The Morgan fingerprint density at radius 1 is 1.00 bits per heavy atom. The van der Waals surface area contributed by atoms with E-state index in [1.807, 2.05) is 0 Å². The van der Waals surface area contributed by atoms with Crippen LogP contribution in [0, 0.1) is 5.92 Å². The molecular formula is C21H11Cl5F3N3O2S. The zero-order valence-corrected chi connectivity index (χ0v) is 21.5. The molecule has 0 radical (unpaired) electrons. The lowest BCUT2D eigenvalue weighted by molar-refractivity contribution is -0.140. The fraction of sp³-hybridized carbons (Fsp3) is 0.190. The number of carbonyl (C=O) groups is 2. The maximum atomic E-state index is 12.9. The van der Waals surface area contributed by atoms with Crippen molar-refractivity contribution in [2.24, 2.45) is 5.92 Å². The van der Waals surface area contributed by atoms with Crippen molar-refractivity contribution in [1.82, 2.24) is 4.98 Å². The highest BCUT2D eigenvalue weighted by Crippen LogP contribution is 2.65. The van der Waals surface area contributed by atoms with Gasteiger partial charge in [-0.25, -0.2) is 4.98 Å². The number of aromatic nitrogens is 1. The average molecular weight is 604 g/mol. The minimum atomic E-state index is -4.67. The van der Waals surface area contributed by atoms with Crippen molar-refractivity contribution in [1.29, 1.82) is 0 Å². The summed E-state index contributed by atoms with van der Waals surface area (Å²) in [6, 6.07) is 8.97. The highest BCUT2D eigenvalue weighted by Gasteiger charge is 2.67. The van der Waals surface area contributed by atoms with Crippen LogP contribution in [-0.4, -0.2) is 21.1 Å². The van der Waals surface area contributed by atoms with Crippen molar-refractivity contribution >= 4 is 92.5 Å². The summed E-state index contributed by atoms with van der Waals surface area (Å²) in [6.45, 7) is 0. The molecule has 2 amide bonds. The van der Waals surface area contributed by atoms with E-state index in [9.17, 15) is 22.8 Å². The summed E-state index contributed by atoms with van der Waals surface area (Å²) in [6.07, 6.45) is -4.67. The van der Waals surface area contributed by atoms with Crippen LogP contribution in [0.2, 0.25) is 15.1 Å². The second-order valence-electron chi connectivity index (χ2n) is 7.51. The molecule has 0 spiro atoms. The van der Waals surface area contributed by atoms with Crippen LogP contribution in [0.3, 0.4) is 0 Å². The number of rotatable bonds is 5. The van der Waals surface area contributed by atoms with E-state index in [1.165, 1.54) is 24.3 Å². The molecule has 0 saturated heterocycles.